The Morgan fingerprint density at radius 2 is 2.33 bits per heavy atom. The molecular weight excluding hydrogens is 282 g/mol. The normalized spacial score (nSPS) is 14.0. The van der Waals surface area contributed by atoms with Gasteiger partial charge in [0.05, 0.1) is 12.2 Å². The lowest BCUT2D eigenvalue weighted by Gasteiger charge is -2.27. The first-order chi connectivity index (χ1) is 10.2. The lowest BCUT2D eigenvalue weighted by atomic mass is 10.1. The van der Waals surface area contributed by atoms with E-state index in [4.69, 9.17) is 0 Å². The van der Waals surface area contributed by atoms with Crippen LogP contribution in [-0.2, 0) is 24.3 Å². The van der Waals surface area contributed by atoms with Gasteiger partial charge in [-0.05, 0) is 42.5 Å². The summed E-state index contributed by atoms with van der Waals surface area (Å²) in [7, 11) is 0. The number of hydrogen-bond acceptors (Lipinski definition) is 4. The molecule has 0 unspecified atom stereocenters. The van der Waals surface area contributed by atoms with E-state index in [1.165, 1.54) is 10.4 Å². The Morgan fingerprint density at radius 1 is 1.43 bits per heavy atom. The zero-order valence-corrected chi connectivity index (χ0v) is 12.9. The van der Waals surface area contributed by atoms with Crippen LogP contribution >= 0.6 is 11.3 Å². The van der Waals surface area contributed by atoms with Gasteiger partial charge in [0.2, 0.25) is 5.91 Å². The van der Waals surface area contributed by atoms with E-state index in [9.17, 15) is 4.79 Å². The van der Waals surface area contributed by atoms with E-state index in [1.807, 2.05) is 30.0 Å². The summed E-state index contributed by atoms with van der Waals surface area (Å²) in [6.07, 6.45) is 0.984. The van der Waals surface area contributed by atoms with Crippen LogP contribution in [0.1, 0.15) is 21.8 Å². The summed E-state index contributed by atoms with van der Waals surface area (Å²) in [6.45, 7) is 4.56. The van der Waals surface area contributed by atoms with E-state index in [1.54, 1.807) is 11.3 Å². The van der Waals surface area contributed by atoms with Gasteiger partial charge >= 0.3 is 0 Å². The predicted octanol–water partition coefficient (Wildman–Crippen LogP) is 2.13. The van der Waals surface area contributed by atoms with Crippen molar-refractivity contribution in [2.45, 2.75) is 26.4 Å². The Labute approximate surface area is 128 Å². The highest BCUT2D eigenvalue weighted by Gasteiger charge is 2.20. The van der Waals surface area contributed by atoms with Crippen molar-refractivity contribution in [2.75, 3.05) is 13.1 Å². The monoisotopic (exact) mass is 301 g/mol. The maximum atomic E-state index is 12.2. The number of hydrogen-bond donors (Lipinski definition) is 1. The van der Waals surface area contributed by atoms with Crippen LogP contribution in [0, 0.1) is 6.92 Å². The average molecular weight is 301 g/mol. The van der Waals surface area contributed by atoms with E-state index in [2.05, 4.69) is 21.7 Å². The topological polar surface area (TPSA) is 45.2 Å². The van der Waals surface area contributed by atoms with E-state index >= 15 is 0 Å². The van der Waals surface area contributed by atoms with Crippen molar-refractivity contribution in [1.82, 2.24) is 15.2 Å². The number of aromatic nitrogens is 1. The van der Waals surface area contributed by atoms with Gasteiger partial charge < -0.3 is 10.2 Å². The molecule has 4 nitrogen and oxygen atoms in total. The largest absolute Gasteiger partial charge is 0.337 e. The van der Waals surface area contributed by atoms with E-state index in [0.29, 0.717) is 13.1 Å². The van der Waals surface area contributed by atoms with Gasteiger partial charge in [0, 0.05) is 30.2 Å². The lowest BCUT2D eigenvalue weighted by molar-refractivity contribution is -0.131. The molecule has 0 fully saturated rings. The highest BCUT2D eigenvalue weighted by atomic mass is 32.1. The second-order valence-electron chi connectivity index (χ2n) is 5.31. The fourth-order valence-corrected chi connectivity index (χ4v) is 3.46. The number of carbonyl (C=O) groups is 1. The summed E-state index contributed by atoms with van der Waals surface area (Å²) in [6, 6.07) is 8.07. The molecule has 1 aliphatic heterocycles. The van der Waals surface area contributed by atoms with Crippen LogP contribution in [-0.4, -0.2) is 28.9 Å². The molecule has 3 heterocycles. The maximum absolute atomic E-state index is 12.2. The molecule has 5 heteroatoms. The Bertz CT molecular complexity index is 638. The molecule has 0 saturated carbocycles. The molecule has 21 heavy (non-hydrogen) atoms. The summed E-state index contributed by atoms with van der Waals surface area (Å²) >= 11 is 1.79. The molecule has 1 aliphatic rings. The first-order valence-electron chi connectivity index (χ1n) is 7.18. The number of nitrogens with one attached hydrogen (secondary N) is 1. The van der Waals surface area contributed by atoms with Crippen LogP contribution in [0.5, 0.6) is 0 Å². The number of pyridine rings is 1. The Morgan fingerprint density at radius 3 is 3.19 bits per heavy atom. The molecule has 0 saturated heterocycles. The number of aryl methyl sites for hydroxylation is 1. The van der Waals surface area contributed by atoms with Gasteiger partial charge in [0.1, 0.15) is 0 Å². The van der Waals surface area contributed by atoms with Gasteiger partial charge in [-0.2, -0.15) is 0 Å². The fourth-order valence-electron chi connectivity index (χ4n) is 2.57. The van der Waals surface area contributed by atoms with Crippen molar-refractivity contribution in [3.63, 3.8) is 0 Å². The standard InChI is InChI=1S/C16H19N3OS/c1-12-3-2-4-14(18-12)9-17-10-16(20)19-7-5-15-13(11-19)6-8-21-15/h2-4,6,8,17H,5,7,9-11H2,1H3. The van der Waals surface area contributed by atoms with Crippen molar-refractivity contribution in [3.8, 4) is 0 Å². The molecule has 2 aromatic rings. The SMILES string of the molecule is Cc1cccc(CNCC(=O)N2CCc3sccc3C2)n1. The van der Waals surface area contributed by atoms with Crippen molar-refractivity contribution >= 4 is 17.2 Å². The van der Waals surface area contributed by atoms with E-state index < -0.39 is 0 Å². The first kappa shape index (κ1) is 14.2. The molecule has 0 aliphatic carbocycles. The van der Waals surface area contributed by atoms with Crippen LogP contribution in [0.3, 0.4) is 0 Å². The summed E-state index contributed by atoms with van der Waals surface area (Å²) in [4.78, 5) is 20.0. The van der Waals surface area contributed by atoms with Crippen LogP contribution in [0.15, 0.2) is 29.6 Å². The van der Waals surface area contributed by atoms with Crippen molar-refractivity contribution in [3.05, 3.63) is 51.5 Å². The Hall–Kier alpha value is -1.72. The number of nitrogens with zero attached hydrogens (tertiary/aromatic N) is 2. The number of rotatable bonds is 4. The van der Waals surface area contributed by atoms with E-state index in [0.717, 1.165) is 30.9 Å². The van der Waals surface area contributed by atoms with Crippen molar-refractivity contribution < 1.29 is 4.79 Å². The van der Waals surface area contributed by atoms with Crippen LogP contribution in [0.4, 0.5) is 0 Å². The van der Waals surface area contributed by atoms with Crippen LogP contribution in [0.25, 0.3) is 0 Å². The molecule has 0 atom stereocenters. The predicted molar refractivity (Wildman–Crippen MR) is 84.1 cm³/mol. The molecule has 0 radical (unpaired) electrons. The average Bonchev–Trinajstić information content (AvgIpc) is 2.94. The van der Waals surface area contributed by atoms with Gasteiger partial charge in [0.25, 0.3) is 0 Å². The van der Waals surface area contributed by atoms with Gasteiger partial charge in [-0.3, -0.25) is 9.78 Å². The second kappa shape index (κ2) is 6.37. The fraction of sp³-hybridized carbons (Fsp3) is 0.375. The minimum Gasteiger partial charge on any atom is -0.337 e. The Kier molecular flexibility index (Phi) is 4.31. The Balaban J connectivity index is 1.49. The number of thiophene rings is 1. The number of amides is 1. The van der Waals surface area contributed by atoms with Gasteiger partial charge in [-0.25, -0.2) is 0 Å². The summed E-state index contributed by atoms with van der Waals surface area (Å²) in [5, 5.41) is 5.30. The first-order valence-corrected chi connectivity index (χ1v) is 8.06. The minimum atomic E-state index is 0.166. The molecule has 1 amide bonds. The summed E-state index contributed by atoms with van der Waals surface area (Å²) in [5.74, 6) is 0.166. The van der Waals surface area contributed by atoms with Crippen molar-refractivity contribution in [2.24, 2.45) is 0 Å². The van der Waals surface area contributed by atoms with Crippen molar-refractivity contribution in [1.29, 1.82) is 0 Å². The highest BCUT2D eigenvalue weighted by Crippen LogP contribution is 2.23. The molecule has 1 N–H and O–H groups in total. The maximum Gasteiger partial charge on any atom is 0.236 e. The third kappa shape index (κ3) is 3.49. The van der Waals surface area contributed by atoms with Gasteiger partial charge in [-0.1, -0.05) is 6.07 Å². The third-order valence-corrected chi connectivity index (χ3v) is 4.71. The molecule has 3 rings (SSSR count). The van der Waals surface area contributed by atoms with Crippen LogP contribution < -0.4 is 5.32 Å². The second-order valence-corrected chi connectivity index (χ2v) is 6.31. The molecule has 2 aromatic heterocycles. The number of carbonyl (C=O) groups excluding carboxylic acids is 1. The van der Waals surface area contributed by atoms with Gasteiger partial charge in [0.15, 0.2) is 0 Å². The zero-order valence-electron chi connectivity index (χ0n) is 12.1. The van der Waals surface area contributed by atoms with Gasteiger partial charge in [-0.15, -0.1) is 11.3 Å². The molecule has 110 valence electrons. The molecule has 0 aromatic carbocycles. The molecular formula is C16H19N3OS. The molecule has 0 spiro atoms. The highest BCUT2D eigenvalue weighted by molar-refractivity contribution is 7.10. The zero-order chi connectivity index (χ0) is 14.7. The summed E-state index contributed by atoms with van der Waals surface area (Å²) < 4.78 is 0. The quantitative estimate of drug-likeness (QED) is 0.941. The van der Waals surface area contributed by atoms with E-state index in [-0.39, 0.29) is 5.91 Å². The third-order valence-electron chi connectivity index (χ3n) is 3.69. The summed E-state index contributed by atoms with van der Waals surface area (Å²) in [5.41, 5.74) is 3.28. The smallest absolute Gasteiger partial charge is 0.236 e. The molecule has 0 bridgehead atoms. The lowest BCUT2D eigenvalue weighted by Crippen LogP contribution is -2.40. The number of fused-ring (bicyclic) bond motifs is 1. The van der Waals surface area contributed by atoms with Crippen LogP contribution in [0.2, 0.25) is 0 Å². The minimum absolute atomic E-state index is 0.166.